The first-order valence-corrected chi connectivity index (χ1v) is 11.6. The molecule has 1 aromatic heterocycles. The number of fused-ring (bicyclic) bond motifs is 1. The number of hydrogen-bond donors (Lipinski definition) is 0. The summed E-state index contributed by atoms with van der Waals surface area (Å²) in [6.45, 7) is 6.25. The lowest BCUT2D eigenvalue weighted by Gasteiger charge is -2.31. The molecule has 0 N–H and O–H groups in total. The monoisotopic (exact) mass is 462 g/mol. The second-order valence-electron chi connectivity index (χ2n) is 7.22. The van der Waals surface area contributed by atoms with Crippen LogP contribution in [-0.4, -0.2) is 34.7 Å². The highest BCUT2D eigenvalue weighted by atomic mass is 79.9. The van der Waals surface area contributed by atoms with Crippen molar-refractivity contribution >= 4 is 39.1 Å². The molecule has 3 rings (SSSR count). The number of rotatable bonds is 7. The van der Waals surface area contributed by atoms with E-state index in [2.05, 4.69) is 41.2 Å². The molecule has 6 heteroatoms. The van der Waals surface area contributed by atoms with E-state index in [-0.39, 0.29) is 30.7 Å². The minimum absolute atomic E-state index is 0.0264. The molecule has 2 amide bonds. The van der Waals surface area contributed by atoms with Crippen LogP contribution in [0.15, 0.2) is 40.2 Å². The quantitative estimate of drug-likeness (QED) is 0.568. The summed E-state index contributed by atoms with van der Waals surface area (Å²) in [7, 11) is 0. The average molecular weight is 463 g/mol. The third kappa shape index (κ3) is 4.84. The van der Waals surface area contributed by atoms with E-state index < -0.39 is 0 Å². The lowest BCUT2D eigenvalue weighted by Crippen LogP contribution is -2.38. The lowest BCUT2D eigenvalue weighted by molar-refractivity contribution is -0.138. The molecule has 28 heavy (non-hydrogen) atoms. The van der Waals surface area contributed by atoms with E-state index in [1.54, 1.807) is 11.3 Å². The van der Waals surface area contributed by atoms with Crippen LogP contribution < -0.4 is 0 Å². The fraction of sp³-hybridized carbons (Fsp3) is 0.455. The molecule has 0 saturated heterocycles. The number of halogens is 1. The van der Waals surface area contributed by atoms with Gasteiger partial charge in [-0.2, -0.15) is 0 Å². The Hall–Kier alpha value is -1.66. The molecule has 1 unspecified atom stereocenters. The molecule has 1 aliphatic heterocycles. The lowest BCUT2D eigenvalue weighted by atomic mass is 10.1. The first-order chi connectivity index (χ1) is 13.5. The van der Waals surface area contributed by atoms with Crippen LogP contribution in [0.3, 0.4) is 0 Å². The summed E-state index contributed by atoms with van der Waals surface area (Å²) in [5, 5.41) is 2.09. The van der Waals surface area contributed by atoms with Crippen molar-refractivity contribution in [3.8, 4) is 0 Å². The molecule has 0 spiro atoms. The minimum Gasteiger partial charge on any atom is -0.338 e. The van der Waals surface area contributed by atoms with Gasteiger partial charge in [-0.1, -0.05) is 41.1 Å². The Bertz CT molecular complexity index is 835. The molecule has 0 fully saturated rings. The van der Waals surface area contributed by atoms with Crippen molar-refractivity contribution in [1.29, 1.82) is 0 Å². The fourth-order valence-electron chi connectivity index (χ4n) is 3.73. The first-order valence-electron chi connectivity index (χ1n) is 9.88. The van der Waals surface area contributed by atoms with Gasteiger partial charge >= 0.3 is 0 Å². The highest BCUT2D eigenvalue weighted by molar-refractivity contribution is 9.10. The Morgan fingerprint density at radius 3 is 2.79 bits per heavy atom. The molecule has 0 bridgehead atoms. The molecule has 0 radical (unpaired) electrons. The van der Waals surface area contributed by atoms with E-state index in [4.69, 9.17) is 0 Å². The average Bonchev–Trinajstić information content (AvgIpc) is 3.17. The normalized spacial score (nSPS) is 14.5. The van der Waals surface area contributed by atoms with Crippen molar-refractivity contribution in [2.75, 3.05) is 13.1 Å². The topological polar surface area (TPSA) is 40.6 Å². The maximum Gasteiger partial charge on any atom is 0.223 e. The predicted octanol–water partition coefficient (Wildman–Crippen LogP) is 5.18. The number of benzene rings is 1. The van der Waals surface area contributed by atoms with Gasteiger partial charge in [0, 0.05) is 41.8 Å². The Kier molecular flexibility index (Phi) is 7.30. The van der Waals surface area contributed by atoms with Crippen LogP contribution in [0.25, 0.3) is 0 Å². The maximum absolute atomic E-state index is 12.9. The maximum atomic E-state index is 12.9. The summed E-state index contributed by atoms with van der Waals surface area (Å²) in [5.74, 6) is 0.127. The molecule has 2 heterocycles. The third-order valence-electron chi connectivity index (χ3n) is 5.32. The highest BCUT2D eigenvalue weighted by Gasteiger charge is 2.25. The summed E-state index contributed by atoms with van der Waals surface area (Å²) in [6, 6.07) is 10.1. The number of carbonyl (C=O) groups is 2. The number of amides is 2. The van der Waals surface area contributed by atoms with Gasteiger partial charge in [-0.25, -0.2) is 0 Å². The van der Waals surface area contributed by atoms with Crippen LogP contribution in [0.5, 0.6) is 0 Å². The minimum atomic E-state index is -0.0264. The largest absolute Gasteiger partial charge is 0.338 e. The SMILES string of the molecule is CCCN(C(=O)CCC(=O)N1CCc2sccc2C1)C(C)c1ccccc1Br. The first kappa shape index (κ1) is 21.1. The van der Waals surface area contributed by atoms with Gasteiger partial charge in [-0.15, -0.1) is 11.3 Å². The van der Waals surface area contributed by atoms with Crippen LogP contribution in [0.2, 0.25) is 0 Å². The second-order valence-corrected chi connectivity index (χ2v) is 9.07. The van der Waals surface area contributed by atoms with Gasteiger partial charge in [0.15, 0.2) is 0 Å². The summed E-state index contributed by atoms with van der Waals surface area (Å²) in [4.78, 5) is 30.8. The molecule has 0 aliphatic carbocycles. The molecule has 0 saturated carbocycles. The summed E-state index contributed by atoms with van der Waals surface area (Å²) in [6.07, 6.45) is 2.36. The molecule has 150 valence electrons. The van der Waals surface area contributed by atoms with E-state index in [9.17, 15) is 9.59 Å². The van der Waals surface area contributed by atoms with Crippen molar-refractivity contribution in [3.05, 3.63) is 56.2 Å². The van der Waals surface area contributed by atoms with Crippen molar-refractivity contribution in [2.45, 2.75) is 52.1 Å². The van der Waals surface area contributed by atoms with Crippen molar-refractivity contribution in [3.63, 3.8) is 0 Å². The van der Waals surface area contributed by atoms with Crippen LogP contribution in [0, 0.1) is 0 Å². The van der Waals surface area contributed by atoms with E-state index in [0.717, 1.165) is 29.4 Å². The van der Waals surface area contributed by atoms with E-state index in [1.165, 1.54) is 10.4 Å². The molecular formula is C22H27BrN2O2S. The summed E-state index contributed by atoms with van der Waals surface area (Å²) >= 11 is 5.36. The Morgan fingerprint density at radius 2 is 2.04 bits per heavy atom. The van der Waals surface area contributed by atoms with E-state index in [1.807, 2.05) is 34.1 Å². The zero-order valence-electron chi connectivity index (χ0n) is 16.5. The Labute approximate surface area is 179 Å². The molecule has 4 nitrogen and oxygen atoms in total. The van der Waals surface area contributed by atoms with Gasteiger partial charge in [-0.05, 0) is 48.4 Å². The van der Waals surface area contributed by atoms with Crippen LogP contribution in [-0.2, 0) is 22.6 Å². The van der Waals surface area contributed by atoms with E-state index >= 15 is 0 Å². The number of carbonyl (C=O) groups excluding carboxylic acids is 2. The van der Waals surface area contributed by atoms with Crippen LogP contribution in [0.4, 0.5) is 0 Å². The standard InChI is InChI=1S/C22H27BrN2O2S/c1-3-12-25(16(2)18-6-4-5-7-19(18)23)22(27)9-8-21(26)24-13-10-20-17(15-24)11-14-28-20/h4-7,11,14,16H,3,8-10,12-13,15H2,1-2H3. The second kappa shape index (κ2) is 9.70. The predicted molar refractivity (Wildman–Crippen MR) is 117 cm³/mol. The van der Waals surface area contributed by atoms with Gasteiger partial charge in [0.2, 0.25) is 11.8 Å². The fourth-order valence-corrected chi connectivity index (χ4v) is 5.24. The van der Waals surface area contributed by atoms with Gasteiger partial charge in [0.25, 0.3) is 0 Å². The number of hydrogen-bond acceptors (Lipinski definition) is 3. The highest BCUT2D eigenvalue weighted by Crippen LogP contribution is 2.29. The van der Waals surface area contributed by atoms with Gasteiger partial charge < -0.3 is 9.80 Å². The zero-order chi connectivity index (χ0) is 20.1. The molecular weight excluding hydrogens is 436 g/mol. The van der Waals surface area contributed by atoms with Gasteiger partial charge in [0.05, 0.1) is 6.04 Å². The van der Waals surface area contributed by atoms with Crippen molar-refractivity contribution < 1.29 is 9.59 Å². The van der Waals surface area contributed by atoms with Gasteiger partial charge in [0.1, 0.15) is 0 Å². The van der Waals surface area contributed by atoms with Crippen LogP contribution >= 0.6 is 27.3 Å². The summed E-state index contributed by atoms with van der Waals surface area (Å²) in [5.41, 5.74) is 2.35. The molecule has 1 atom stereocenters. The Balaban J connectivity index is 1.60. The third-order valence-corrected chi connectivity index (χ3v) is 7.07. The zero-order valence-corrected chi connectivity index (χ0v) is 18.9. The Morgan fingerprint density at radius 1 is 1.25 bits per heavy atom. The van der Waals surface area contributed by atoms with Crippen LogP contribution in [0.1, 0.15) is 55.2 Å². The number of nitrogens with zero attached hydrogens (tertiary/aromatic N) is 2. The van der Waals surface area contributed by atoms with E-state index in [0.29, 0.717) is 13.1 Å². The van der Waals surface area contributed by atoms with Crippen molar-refractivity contribution in [1.82, 2.24) is 9.80 Å². The molecule has 1 aliphatic rings. The van der Waals surface area contributed by atoms with Gasteiger partial charge in [-0.3, -0.25) is 9.59 Å². The number of thiophene rings is 1. The summed E-state index contributed by atoms with van der Waals surface area (Å²) < 4.78 is 1.01. The molecule has 2 aromatic rings. The molecule has 1 aromatic carbocycles. The smallest absolute Gasteiger partial charge is 0.223 e. The van der Waals surface area contributed by atoms with Crippen molar-refractivity contribution in [2.24, 2.45) is 0 Å².